The number of nitrogens with two attached hydrogens (primary N) is 1. The zero-order chi connectivity index (χ0) is 14.5. The van der Waals surface area contributed by atoms with Gasteiger partial charge in [-0.25, -0.2) is 4.98 Å². The minimum Gasteiger partial charge on any atom is -0.368 e. The number of aryl methyl sites for hydroxylation is 1. The Morgan fingerprint density at radius 1 is 1.40 bits per heavy atom. The molecule has 0 saturated heterocycles. The van der Waals surface area contributed by atoms with Crippen molar-refractivity contribution in [3.63, 3.8) is 0 Å². The molecule has 2 N–H and O–H groups in total. The Labute approximate surface area is 125 Å². The van der Waals surface area contributed by atoms with E-state index in [2.05, 4.69) is 54.4 Å². The van der Waals surface area contributed by atoms with Crippen LogP contribution in [0.5, 0.6) is 0 Å². The third kappa shape index (κ3) is 3.81. The van der Waals surface area contributed by atoms with Gasteiger partial charge in [0.25, 0.3) is 0 Å². The monoisotopic (exact) mass is 289 g/mol. The van der Waals surface area contributed by atoms with E-state index in [0.29, 0.717) is 0 Å². The van der Waals surface area contributed by atoms with Gasteiger partial charge in [0.2, 0.25) is 0 Å². The Bertz CT molecular complexity index is 537. The average molecular weight is 289 g/mol. The number of nitrogens with zero attached hydrogens (tertiary/aromatic N) is 2. The second-order valence-electron chi connectivity index (χ2n) is 5.34. The van der Waals surface area contributed by atoms with E-state index in [1.54, 1.807) is 11.3 Å². The van der Waals surface area contributed by atoms with Crippen molar-refractivity contribution in [3.05, 3.63) is 45.9 Å². The fourth-order valence-corrected chi connectivity index (χ4v) is 2.87. The predicted octanol–water partition coefficient (Wildman–Crippen LogP) is 3.37. The third-order valence-electron chi connectivity index (χ3n) is 3.54. The van der Waals surface area contributed by atoms with Gasteiger partial charge in [0, 0.05) is 24.2 Å². The number of rotatable bonds is 6. The van der Waals surface area contributed by atoms with E-state index in [-0.39, 0.29) is 6.04 Å². The van der Waals surface area contributed by atoms with Gasteiger partial charge in [0.05, 0.1) is 17.7 Å². The molecule has 0 aliphatic carbocycles. The van der Waals surface area contributed by atoms with Crippen molar-refractivity contribution in [1.82, 2.24) is 4.98 Å². The molecule has 1 heterocycles. The van der Waals surface area contributed by atoms with E-state index >= 15 is 0 Å². The van der Waals surface area contributed by atoms with Crippen molar-refractivity contribution in [2.75, 3.05) is 11.9 Å². The van der Waals surface area contributed by atoms with Crippen LogP contribution in [-0.2, 0) is 13.0 Å². The molecular weight excluding hydrogens is 266 g/mol. The molecule has 3 nitrogen and oxygen atoms in total. The smallest absolute Gasteiger partial charge is 0.0795 e. The summed E-state index contributed by atoms with van der Waals surface area (Å²) in [5.41, 5.74) is 13.0. The number of hydrogen-bond acceptors (Lipinski definition) is 4. The molecular formula is C16H23N3S. The molecule has 1 aromatic heterocycles. The van der Waals surface area contributed by atoms with Crippen molar-refractivity contribution < 1.29 is 0 Å². The van der Waals surface area contributed by atoms with E-state index in [4.69, 9.17) is 5.73 Å². The summed E-state index contributed by atoms with van der Waals surface area (Å²) in [6, 6.07) is 6.83. The molecule has 2 aromatic rings. The molecule has 0 amide bonds. The summed E-state index contributed by atoms with van der Waals surface area (Å²) < 4.78 is 0. The van der Waals surface area contributed by atoms with E-state index in [1.807, 2.05) is 5.51 Å². The van der Waals surface area contributed by atoms with Crippen LogP contribution in [0, 0.1) is 6.92 Å². The first-order chi connectivity index (χ1) is 9.60. The maximum Gasteiger partial charge on any atom is 0.0795 e. The average Bonchev–Trinajstić information content (AvgIpc) is 2.91. The first-order valence-electron chi connectivity index (χ1n) is 7.03. The normalized spacial score (nSPS) is 12.4. The van der Waals surface area contributed by atoms with Crippen LogP contribution in [-0.4, -0.2) is 18.1 Å². The number of hydrogen-bond donors (Lipinski definition) is 1. The maximum atomic E-state index is 6.13. The molecule has 0 aliphatic heterocycles. The molecule has 0 radical (unpaired) electrons. The lowest BCUT2D eigenvalue weighted by Crippen LogP contribution is -2.24. The molecule has 4 heteroatoms. The molecule has 0 fully saturated rings. The summed E-state index contributed by atoms with van der Waals surface area (Å²) in [7, 11) is 2.12. The topological polar surface area (TPSA) is 42.1 Å². The fraction of sp³-hybridized carbons (Fsp3) is 0.438. The SMILES string of the molecule is CCC(N)Cc1cc(C)ccc1N(C)Cc1cscn1. The van der Waals surface area contributed by atoms with Crippen molar-refractivity contribution in [2.24, 2.45) is 5.73 Å². The summed E-state index contributed by atoms with van der Waals surface area (Å²) in [5, 5.41) is 2.10. The first kappa shape index (κ1) is 15.0. The van der Waals surface area contributed by atoms with Gasteiger partial charge in [-0.15, -0.1) is 11.3 Å². The van der Waals surface area contributed by atoms with Crippen molar-refractivity contribution >= 4 is 17.0 Å². The van der Waals surface area contributed by atoms with Gasteiger partial charge in [-0.05, 0) is 31.4 Å². The number of anilines is 1. The van der Waals surface area contributed by atoms with E-state index in [1.165, 1.54) is 16.8 Å². The Morgan fingerprint density at radius 2 is 2.20 bits per heavy atom. The lowest BCUT2D eigenvalue weighted by Gasteiger charge is -2.23. The molecule has 0 bridgehead atoms. The Kier molecular flexibility index (Phi) is 5.15. The van der Waals surface area contributed by atoms with E-state index in [9.17, 15) is 0 Å². The lowest BCUT2D eigenvalue weighted by molar-refractivity contribution is 0.645. The predicted molar refractivity (Wildman–Crippen MR) is 87.4 cm³/mol. The standard InChI is InChI=1S/C16H23N3S/c1-4-14(17)8-13-7-12(2)5-6-16(13)19(3)9-15-10-20-11-18-15/h5-7,10-11,14H,4,8-9,17H2,1-3H3. The maximum absolute atomic E-state index is 6.13. The molecule has 1 atom stereocenters. The highest BCUT2D eigenvalue weighted by Crippen LogP contribution is 2.24. The van der Waals surface area contributed by atoms with Crippen LogP contribution in [0.3, 0.4) is 0 Å². The van der Waals surface area contributed by atoms with Gasteiger partial charge in [0.1, 0.15) is 0 Å². The quantitative estimate of drug-likeness (QED) is 0.886. The fourth-order valence-electron chi connectivity index (χ4n) is 2.32. The zero-order valence-electron chi connectivity index (χ0n) is 12.5. The minimum absolute atomic E-state index is 0.225. The largest absolute Gasteiger partial charge is 0.368 e. The molecule has 1 unspecified atom stereocenters. The first-order valence-corrected chi connectivity index (χ1v) is 7.97. The van der Waals surface area contributed by atoms with Crippen LogP contribution >= 0.6 is 11.3 Å². The summed E-state index contributed by atoms with van der Waals surface area (Å²) >= 11 is 1.64. The van der Waals surface area contributed by atoms with Crippen LogP contribution in [0.15, 0.2) is 29.1 Å². The van der Waals surface area contributed by atoms with Crippen LogP contribution < -0.4 is 10.6 Å². The number of thiazole rings is 1. The van der Waals surface area contributed by atoms with Gasteiger partial charge < -0.3 is 10.6 Å². The molecule has 2 rings (SSSR count). The molecule has 108 valence electrons. The van der Waals surface area contributed by atoms with Crippen LogP contribution in [0.1, 0.15) is 30.2 Å². The highest BCUT2D eigenvalue weighted by atomic mass is 32.1. The highest BCUT2D eigenvalue weighted by molar-refractivity contribution is 7.07. The third-order valence-corrected chi connectivity index (χ3v) is 4.17. The minimum atomic E-state index is 0.225. The summed E-state index contributed by atoms with van der Waals surface area (Å²) in [6.45, 7) is 5.10. The second kappa shape index (κ2) is 6.86. The Morgan fingerprint density at radius 3 is 2.85 bits per heavy atom. The van der Waals surface area contributed by atoms with Gasteiger partial charge in [0.15, 0.2) is 0 Å². The molecule has 0 aliphatic rings. The number of benzene rings is 1. The summed E-state index contributed by atoms with van der Waals surface area (Å²) in [6.07, 6.45) is 1.93. The molecule has 1 aromatic carbocycles. The van der Waals surface area contributed by atoms with Gasteiger partial charge in [-0.3, -0.25) is 0 Å². The summed E-state index contributed by atoms with van der Waals surface area (Å²) in [5.74, 6) is 0. The second-order valence-corrected chi connectivity index (χ2v) is 6.06. The molecule has 0 saturated carbocycles. The molecule has 0 spiro atoms. The zero-order valence-corrected chi connectivity index (χ0v) is 13.3. The highest BCUT2D eigenvalue weighted by Gasteiger charge is 2.11. The Balaban J connectivity index is 2.20. The lowest BCUT2D eigenvalue weighted by atomic mass is 10.00. The van der Waals surface area contributed by atoms with Crippen LogP contribution in [0.2, 0.25) is 0 Å². The van der Waals surface area contributed by atoms with Crippen molar-refractivity contribution in [3.8, 4) is 0 Å². The number of aromatic nitrogens is 1. The summed E-state index contributed by atoms with van der Waals surface area (Å²) in [4.78, 5) is 6.61. The van der Waals surface area contributed by atoms with Crippen LogP contribution in [0.4, 0.5) is 5.69 Å². The van der Waals surface area contributed by atoms with Crippen molar-refractivity contribution in [1.29, 1.82) is 0 Å². The van der Waals surface area contributed by atoms with E-state index in [0.717, 1.165) is 25.1 Å². The van der Waals surface area contributed by atoms with Gasteiger partial charge in [-0.2, -0.15) is 0 Å². The van der Waals surface area contributed by atoms with Gasteiger partial charge >= 0.3 is 0 Å². The van der Waals surface area contributed by atoms with Gasteiger partial charge in [-0.1, -0.05) is 24.6 Å². The molecule has 20 heavy (non-hydrogen) atoms. The van der Waals surface area contributed by atoms with Crippen LogP contribution in [0.25, 0.3) is 0 Å². The van der Waals surface area contributed by atoms with Crippen molar-refractivity contribution in [2.45, 2.75) is 39.3 Å². The Hall–Kier alpha value is -1.39. The van der Waals surface area contributed by atoms with E-state index < -0.39 is 0 Å².